The first kappa shape index (κ1) is 14.0. The normalized spacial score (nSPS) is 10.0. The van der Waals surface area contributed by atoms with Gasteiger partial charge in [0.2, 0.25) is 0 Å². The molecule has 1 aromatic carbocycles. The molecule has 0 bridgehead atoms. The summed E-state index contributed by atoms with van der Waals surface area (Å²) in [5, 5.41) is 3.34. The number of ether oxygens (including phenoxy) is 1. The van der Waals surface area contributed by atoms with Gasteiger partial charge in [0.05, 0.1) is 7.11 Å². The van der Waals surface area contributed by atoms with Crippen LogP contribution >= 0.6 is 15.9 Å². The molecule has 0 spiro atoms. The van der Waals surface area contributed by atoms with Crippen LogP contribution in [-0.4, -0.2) is 19.6 Å². The van der Waals surface area contributed by atoms with E-state index < -0.39 is 0 Å². The Morgan fingerprint density at radius 1 is 1.35 bits per heavy atom. The van der Waals surface area contributed by atoms with Crippen LogP contribution in [0.25, 0.3) is 0 Å². The monoisotopic (exact) mass is 299 g/mol. The first-order valence-electron chi connectivity index (χ1n) is 5.78. The first-order valence-corrected chi connectivity index (χ1v) is 6.58. The third-order valence-corrected chi connectivity index (χ3v) is 2.93. The number of hydrogen-bond acceptors (Lipinski definition) is 3. The van der Waals surface area contributed by atoms with Gasteiger partial charge < -0.3 is 10.1 Å². The molecule has 0 aromatic heterocycles. The fourth-order valence-electron chi connectivity index (χ4n) is 1.50. The standard InChI is InChI=1S/C13H18BrNO2/c1-17-13(16)8-3-2-4-9-15-12-7-5-6-11(14)10-12/h5-7,10,15H,2-4,8-9H2,1H3. The second-order valence-electron chi connectivity index (χ2n) is 3.82. The molecule has 0 aliphatic rings. The van der Waals surface area contributed by atoms with Gasteiger partial charge in [-0.15, -0.1) is 0 Å². The predicted octanol–water partition coefficient (Wildman–Crippen LogP) is 3.59. The summed E-state index contributed by atoms with van der Waals surface area (Å²) >= 11 is 3.43. The summed E-state index contributed by atoms with van der Waals surface area (Å²) in [7, 11) is 1.43. The van der Waals surface area contributed by atoms with Crippen molar-refractivity contribution in [2.45, 2.75) is 25.7 Å². The lowest BCUT2D eigenvalue weighted by molar-refractivity contribution is -0.140. The Bertz CT molecular complexity index is 355. The molecular formula is C13H18BrNO2. The zero-order chi connectivity index (χ0) is 12.5. The van der Waals surface area contributed by atoms with Crippen molar-refractivity contribution < 1.29 is 9.53 Å². The minimum atomic E-state index is -0.120. The average Bonchev–Trinajstić information content (AvgIpc) is 2.33. The number of esters is 1. The van der Waals surface area contributed by atoms with Crippen molar-refractivity contribution in [2.24, 2.45) is 0 Å². The van der Waals surface area contributed by atoms with Crippen LogP contribution in [0.5, 0.6) is 0 Å². The second-order valence-corrected chi connectivity index (χ2v) is 4.74. The van der Waals surface area contributed by atoms with E-state index in [4.69, 9.17) is 0 Å². The number of benzene rings is 1. The molecule has 94 valence electrons. The maximum Gasteiger partial charge on any atom is 0.305 e. The average molecular weight is 300 g/mol. The SMILES string of the molecule is COC(=O)CCCCCNc1cccc(Br)c1. The second kappa shape index (κ2) is 8.12. The van der Waals surface area contributed by atoms with Crippen LogP contribution in [0.2, 0.25) is 0 Å². The highest BCUT2D eigenvalue weighted by molar-refractivity contribution is 9.10. The molecule has 4 heteroatoms. The summed E-state index contributed by atoms with van der Waals surface area (Å²) in [5.74, 6) is -0.120. The number of halogens is 1. The van der Waals surface area contributed by atoms with Gasteiger partial charge in [-0.3, -0.25) is 4.79 Å². The van der Waals surface area contributed by atoms with E-state index in [2.05, 4.69) is 32.0 Å². The number of anilines is 1. The summed E-state index contributed by atoms with van der Waals surface area (Å²) in [6.07, 6.45) is 3.51. The van der Waals surface area contributed by atoms with Crippen molar-refractivity contribution in [3.05, 3.63) is 28.7 Å². The third-order valence-electron chi connectivity index (χ3n) is 2.44. The molecule has 0 unspecified atom stereocenters. The number of carbonyl (C=O) groups excluding carboxylic acids is 1. The van der Waals surface area contributed by atoms with E-state index in [0.717, 1.165) is 36.0 Å². The van der Waals surface area contributed by atoms with E-state index in [1.807, 2.05) is 18.2 Å². The Labute approximate surface area is 111 Å². The number of methoxy groups -OCH3 is 1. The molecule has 0 aliphatic heterocycles. The molecule has 0 radical (unpaired) electrons. The van der Waals surface area contributed by atoms with Crippen LogP contribution in [0.3, 0.4) is 0 Å². The zero-order valence-corrected chi connectivity index (χ0v) is 11.6. The van der Waals surface area contributed by atoms with Crippen molar-refractivity contribution >= 4 is 27.6 Å². The minimum Gasteiger partial charge on any atom is -0.469 e. The van der Waals surface area contributed by atoms with E-state index in [1.54, 1.807) is 0 Å². The molecule has 0 atom stereocenters. The van der Waals surface area contributed by atoms with Crippen LogP contribution in [0.15, 0.2) is 28.7 Å². The van der Waals surface area contributed by atoms with E-state index in [9.17, 15) is 4.79 Å². The van der Waals surface area contributed by atoms with Crippen molar-refractivity contribution in [2.75, 3.05) is 19.0 Å². The third kappa shape index (κ3) is 6.31. The highest BCUT2D eigenvalue weighted by atomic mass is 79.9. The number of rotatable bonds is 7. The minimum absolute atomic E-state index is 0.120. The molecule has 3 nitrogen and oxygen atoms in total. The highest BCUT2D eigenvalue weighted by Gasteiger charge is 1.99. The van der Waals surface area contributed by atoms with Gasteiger partial charge in [-0.25, -0.2) is 0 Å². The number of carbonyl (C=O) groups is 1. The largest absolute Gasteiger partial charge is 0.469 e. The van der Waals surface area contributed by atoms with Gasteiger partial charge in [-0.05, 0) is 31.0 Å². The molecule has 0 saturated carbocycles. The van der Waals surface area contributed by atoms with Crippen molar-refractivity contribution in [1.29, 1.82) is 0 Å². The smallest absolute Gasteiger partial charge is 0.305 e. The van der Waals surface area contributed by atoms with E-state index >= 15 is 0 Å². The maximum absolute atomic E-state index is 10.9. The van der Waals surface area contributed by atoms with Gasteiger partial charge in [0.15, 0.2) is 0 Å². The lowest BCUT2D eigenvalue weighted by atomic mass is 10.2. The summed E-state index contributed by atoms with van der Waals surface area (Å²) in [5.41, 5.74) is 1.12. The van der Waals surface area contributed by atoms with Crippen molar-refractivity contribution in [3.63, 3.8) is 0 Å². The van der Waals surface area contributed by atoms with Crippen LogP contribution in [0.1, 0.15) is 25.7 Å². The van der Waals surface area contributed by atoms with Gasteiger partial charge in [0.1, 0.15) is 0 Å². The summed E-state index contributed by atoms with van der Waals surface area (Å²) in [4.78, 5) is 10.9. The van der Waals surface area contributed by atoms with Crippen LogP contribution in [0.4, 0.5) is 5.69 Å². The number of hydrogen-bond donors (Lipinski definition) is 1. The topological polar surface area (TPSA) is 38.3 Å². The zero-order valence-electron chi connectivity index (χ0n) is 10.0. The number of nitrogens with one attached hydrogen (secondary N) is 1. The Kier molecular flexibility index (Phi) is 6.70. The van der Waals surface area contributed by atoms with Crippen LogP contribution in [-0.2, 0) is 9.53 Å². The van der Waals surface area contributed by atoms with Crippen molar-refractivity contribution in [1.82, 2.24) is 0 Å². The molecular weight excluding hydrogens is 282 g/mol. The van der Waals surface area contributed by atoms with Gasteiger partial charge in [-0.2, -0.15) is 0 Å². The Morgan fingerprint density at radius 2 is 2.18 bits per heavy atom. The van der Waals surface area contributed by atoms with Crippen LogP contribution < -0.4 is 5.32 Å². The quantitative estimate of drug-likeness (QED) is 0.617. The molecule has 0 heterocycles. The molecule has 0 amide bonds. The maximum atomic E-state index is 10.9. The molecule has 0 fully saturated rings. The van der Waals surface area contributed by atoms with Gasteiger partial charge in [0.25, 0.3) is 0 Å². The fourth-order valence-corrected chi connectivity index (χ4v) is 1.90. The number of unbranched alkanes of at least 4 members (excludes halogenated alkanes) is 2. The Balaban J connectivity index is 2.06. The van der Waals surface area contributed by atoms with E-state index in [0.29, 0.717) is 6.42 Å². The molecule has 1 N–H and O–H groups in total. The summed E-state index contributed by atoms with van der Waals surface area (Å²) in [6, 6.07) is 8.10. The molecule has 0 aliphatic carbocycles. The summed E-state index contributed by atoms with van der Waals surface area (Å²) < 4.78 is 5.66. The molecule has 17 heavy (non-hydrogen) atoms. The predicted molar refractivity (Wildman–Crippen MR) is 73.1 cm³/mol. The molecule has 1 rings (SSSR count). The van der Waals surface area contributed by atoms with Gasteiger partial charge in [0, 0.05) is 23.1 Å². The molecule has 0 saturated heterocycles. The van der Waals surface area contributed by atoms with Gasteiger partial charge >= 0.3 is 5.97 Å². The fraction of sp³-hybridized carbons (Fsp3) is 0.462. The van der Waals surface area contributed by atoms with E-state index in [-0.39, 0.29) is 5.97 Å². The highest BCUT2D eigenvalue weighted by Crippen LogP contribution is 2.15. The summed E-state index contributed by atoms with van der Waals surface area (Å²) in [6.45, 7) is 0.928. The lowest BCUT2D eigenvalue weighted by Crippen LogP contribution is -2.03. The first-order chi connectivity index (χ1) is 8.22. The van der Waals surface area contributed by atoms with Crippen LogP contribution in [0, 0.1) is 0 Å². The lowest BCUT2D eigenvalue weighted by Gasteiger charge is -2.06. The van der Waals surface area contributed by atoms with E-state index in [1.165, 1.54) is 7.11 Å². The van der Waals surface area contributed by atoms with Gasteiger partial charge in [-0.1, -0.05) is 28.4 Å². The van der Waals surface area contributed by atoms with Crippen molar-refractivity contribution in [3.8, 4) is 0 Å². The Morgan fingerprint density at radius 3 is 2.88 bits per heavy atom. The molecule has 1 aromatic rings. The Hall–Kier alpha value is -1.03.